The molecule has 5 rings (SSSR count). The molecular weight excluding hydrogens is 693 g/mol. The quantitative estimate of drug-likeness (QED) is 0.0922. The van der Waals surface area contributed by atoms with Crippen molar-refractivity contribution in [2.24, 2.45) is 0 Å². The Labute approximate surface area is 313 Å². The number of pyridine rings is 2. The van der Waals surface area contributed by atoms with Gasteiger partial charge in [-0.1, -0.05) is 30.3 Å². The van der Waals surface area contributed by atoms with Crippen LogP contribution < -0.4 is 25.6 Å². The molecule has 13 heteroatoms. The predicted molar refractivity (Wildman–Crippen MR) is 207 cm³/mol. The Morgan fingerprint density at radius 3 is 2.28 bits per heavy atom. The van der Waals surface area contributed by atoms with Crippen LogP contribution in [0.4, 0.5) is 16.2 Å². The third kappa shape index (κ3) is 11.1. The van der Waals surface area contributed by atoms with E-state index in [2.05, 4.69) is 25.9 Å². The molecule has 278 valence electrons. The van der Waals surface area contributed by atoms with Crippen molar-refractivity contribution in [1.29, 1.82) is 0 Å². The summed E-state index contributed by atoms with van der Waals surface area (Å²) >= 11 is 1.16. The van der Waals surface area contributed by atoms with Gasteiger partial charge in [-0.15, -0.1) is 11.3 Å². The molecule has 0 aliphatic carbocycles. The van der Waals surface area contributed by atoms with E-state index in [4.69, 9.17) is 14.2 Å². The molecule has 3 N–H and O–H groups in total. The first-order chi connectivity index (χ1) is 25.5. The Morgan fingerprint density at radius 2 is 1.58 bits per heavy atom. The Hall–Kier alpha value is -5.37. The average Bonchev–Trinajstić information content (AvgIpc) is 3.61. The molecule has 0 unspecified atom stereocenters. The lowest BCUT2D eigenvalue weighted by Gasteiger charge is -2.31. The van der Waals surface area contributed by atoms with E-state index in [9.17, 15) is 14.4 Å². The van der Waals surface area contributed by atoms with Gasteiger partial charge in [0.2, 0.25) is 5.91 Å². The van der Waals surface area contributed by atoms with Gasteiger partial charge in [-0.2, -0.15) is 0 Å². The molecule has 0 saturated carbocycles. The number of hydrogen-bond acceptors (Lipinski definition) is 9. The standard InChI is InChI=1S/C40H46N6O6S/c1-6-50-34(51-7-2)26-46(33-12-8-10-29-11-9-20-42-35(29)33)38(48)32(24-27-13-15-30(16-14-27)52-40(3,4)5)44-37(47)36-31(19-23-53-36)45-39(49)43-25-28-17-21-41-22-18-28/h8-23,32,34H,6-7,24-26H2,1-5H3,(H,44,47)(H2,43,45,49)/t32-/m0/s1. The van der Waals surface area contributed by atoms with E-state index in [1.54, 1.807) is 47.1 Å². The maximum atomic E-state index is 14.9. The van der Waals surface area contributed by atoms with E-state index in [-0.39, 0.29) is 30.0 Å². The summed E-state index contributed by atoms with van der Waals surface area (Å²) in [6, 6.07) is 20.6. The number of nitrogens with zero attached hydrogens (tertiary/aromatic N) is 3. The molecule has 2 aromatic carbocycles. The summed E-state index contributed by atoms with van der Waals surface area (Å²) in [4.78, 5) is 52.3. The fourth-order valence-electron chi connectivity index (χ4n) is 5.62. The number of aromatic nitrogens is 2. The van der Waals surface area contributed by atoms with Crippen molar-refractivity contribution in [3.63, 3.8) is 0 Å². The van der Waals surface area contributed by atoms with E-state index >= 15 is 0 Å². The first kappa shape index (κ1) is 38.9. The van der Waals surface area contributed by atoms with Gasteiger partial charge in [-0.25, -0.2) is 4.79 Å². The van der Waals surface area contributed by atoms with Gasteiger partial charge in [0.05, 0.1) is 23.4 Å². The molecule has 0 aliphatic heterocycles. The summed E-state index contributed by atoms with van der Waals surface area (Å²) in [5.74, 6) is -0.223. The number of carbonyl (C=O) groups is 3. The average molecular weight is 739 g/mol. The third-order valence-electron chi connectivity index (χ3n) is 7.92. The van der Waals surface area contributed by atoms with Crippen molar-refractivity contribution < 1.29 is 28.6 Å². The maximum absolute atomic E-state index is 14.9. The monoisotopic (exact) mass is 738 g/mol. The van der Waals surface area contributed by atoms with Crippen LogP contribution in [-0.4, -0.2) is 65.5 Å². The van der Waals surface area contributed by atoms with Crippen LogP contribution in [0.25, 0.3) is 10.9 Å². The Balaban J connectivity index is 1.46. The number of fused-ring (bicyclic) bond motifs is 1. The number of urea groups is 1. The number of para-hydroxylation sites is 1. The smallest absolute Gasteiger partial charge is 0.319 e. The fourth-order valence-corrected chi connectivity index (χ4v) is 6.37. The minimum absolute atomic E-state index is 0.0460. The number of amides is 4. The Bertz CT molecular complexity index is 1950. The number of hydrogen-bond donors (Lipinski definition) is 3. The molecule has 0 spiro atoms. The van der Waals surface area contributed by atoms with E-state index in [0.717, 1.165) is 27.8 Å². The van der Waals surface area contributed by atoms with Gasteiger partial charge in [0.25, 0.3) is 5.91 Å². The van der Waals surface area contributed by atoms with Crippen LogP contribution in [0, 0.1) is 0 Å². The maximum Gasteiger partial charge on any atom is 0.319 e. The largest absolute Gasteiger partial charge is 0.488 e. The van der Waals surface area contributed by atoms with Crippen LogP contribution in [0.3, 0.4) is 0 Å². The topological polar surface area (TPSA) is 144 Å². The Kier molecular flexibility index (Phi) is 13.5. The number of carbonyl (C=O) groups excluding carboxylic acids is 3. The second-order valence-electron chi connectivity index (χ2n) is 13.1. The zero-order valence-corrected chi connectivity index (χ0v) is 31.4. The molecule has 53 heavy (non-hydrogen) atoms. The molecule has 12 nitrogen and oxygen atoms in total. The van der Waals surface area contributed by atoms with Crippen LogP contribution >= 0.6 is 11.3 Å². The van der Waals surface area contributed by atoms with Gasteiger partial charge >= 0.3 is 6.03 Å². The molecule has 3 aromatic heterocycles. The third-order valence-corrected chi connectivity index (χ3v) is 8.83. The summed E-state index contributed by atoms with van der Waals surface area (Å²) < 4.78 is 17.8. The number of nitrogens with one attached hydrogen (secondary N) is 3. The van der Waals surface area contributed by atoms with Crippen molar-refractivity contribution >= 4 is 51.5 Å². The zero-order valence-electron chi connectivity index (χ0n) is 30.6. The van der Waals surface area contributed by atoms with Gasteiger partial charge in [0.1, 0.15) is 22.3 Å². The van der Waals surface area contributed by atoms with Crippen LogP contribution in [-0.2, 0) is 27.2 Å². The molecule has 5 aromatic rings. The lowest BCUT2D eigenvalue weighted by molar-refractivity contribution is -0.136. The molecule has 3 heterocycles. The molecule has 0 fully saturated rings. The van der Waals surface area contributed by atoms with Crippen LogP contribution in [0.2, 0.25) is 0 Å². The number of thiophene rings is 1. The van der Waals surface area contributed by atoms with Crippen molar-refractivity contribution in [3.8, 4) is 5.75 Å². The summed E-state index contributed by atoms with van der Waals surface area (Å²) in [7, 11) is 0. The number of anilines is 2. The fraction of sp³-hybridized carbons (Fsp3) is 0.325. The van der Waals surface area contributed by atoms with Crippen molar-refractivity contribution in [2.45, 2.75) is 65.5 Å². The summed E-state index contributed by atoms with van der Waals surface area (Å²) in [6.45, 7) is 10.7. The lowest BCUT2D eigenvalue weighted by Crippen LogP contribution is -2.52. The molecule has 0 saturated heterocycles. The van der Waals surface area contributed by atoms with Gasteiger partial charge in [-0.3, -0.25) is 19.6 Å². The number of benzene rings is 2. The highest BCUT2D eigenvalue weighted by atomic mass is 32.1. The minimum Gasteiger partial charge on any atom is -0.488 e. The summed E-state index contributed by atoms with van der Waals surface area (Å²) in [5, 5.41) is 11.1. The molecule has 0 bridgehead atoms. The first-order valence-electron chi connectivity index (χ1n) is 17.5. The molecule has 4 amide bonds. The molecular formula is C40H46N6O6S. The molecule has 0 aliphatic rings. The molecule has 1 atom stereocenters. The lowest BCUT2D eigenvalue weighted by atomic mass is 10.0. The Morgan fingerprint density at radius 1 is 0.868 bits per heavy atom. The van der Waals surface area contributed by atoms with Crippen LogP contribution in [0.1, 0.15) is 55.4 Å². The van der Waals surface area contributed by atoms with E-state index < -0.39 is 30.2 Å². The van der Waals surface area contributed by atoms with E-state index in [1.807, 2.05) is 89.2 Å². The van der Waals surface area contributed by atoms with Gasteiger partial charge in [0, 0.05) is 50.2 Å². The summed E-state index contributed by atoms with van der Waals surface area (Å²) in [6.07, 6.45) is 4.39. The second-order valence-corrected chi connectivity index (χ2v) is 14.0. The highest BCUT2D eigenvalue weighted by molar-refractivity contribution is 7.12. The van der Waals surface area contributed by atoms with Gasteiger partial charge in [-0.05, 0) is 93.6 Å². The predicted octanol–water partition coefficient (Wildman–Crippen LogP) is 6.96. The van der Waals surface area contributed by atoms with Crippen molar-refractivity contribution in [3.05, 3.63) is 113 Å². The number of rotatable bonds is 16. The first-order valence-corrected chi connectivity index (χ1v) is 18.4. The van der Waals surface area contributed by atoms with Crippen molar-refractivity contribution in [1.82, 2.24) is 20.6 Å². The molecule has 0 radical (unpaired) electrons. The van der Waals surface area contributed by atoms with Crippen molar-refractivity contribution in [2.75, 3.05) is 30.0 Å². The summed E-state index contributed by atoms with van der Waals surface area (Å²) in [5.41, 5.74) is 2.77. The van der Waals surface area contributed by atoms with Crippen LogP contribution in [0.15, 0.2) is 96.8 Å². The highest BCUT2D eigenvalue weighted by Crippen LogP contribution is 2.28. The SMILES string of the molecule is CCOC(CN(C(=O)[C@H](Cc1ccc(OC(C)(C)C)cc1)NC(=O)c1sccc1NC(=O)NCc1ccncc1)c1cccc2cccnc12)OCC. The normalized spacial score (nSPS) is 12.0. The van der Waals surface area contributed by atoms with Crippen LogP contribution in [0.5, 0.6) is 5.75 Å². The second kappa shape index (κ2) is 18.4. The van der Waals surface area contributed by atoms with E-state index in [0.29, 0.717) is 35.9 Å². The van der Waals surface area contributed by atoms with E-state index in [1.165, 1.54) is 0 Å². The zero-order chi connectivity index (χ0) is 37.8. The number of ether oxygens (including phenoxy) is 3. The van der Waals surface area contributed by atoms with Gasteiger partial charge < -0.3 is 35.1 Å². The highest BCUT2D eigenvalue weighted by Gasteiger charge is 2.32. The minimum atomic E-state index is -1.05. The van der Waals surface area contributed by atoms with Gasteiger partial charge in [0.15, 0.2) is 6.29 Å².